The lowest BCUT2D eigenvalue weighted by Crippen LogP contribution is -2.16. The van der Waals surface area contributed by atoms with Gasteiger partial charge in [0.05, 0.1) is 6.61 Å². The van der Waals surface area contributed by atoms with E-state index in [0.29, 0.717) is 45.0 Å². The second kappa shape index (κ2) is 9.11. The third-order valence-corrected chi connectivity index (χ3v) is 6.39. The minimum atomic E-state index is -0.418. The molecule has 0 unspecified atom stereocenters. The van der Waals surface area contributed by atoms with Crippen molar-refractivity contribution in [2.45, 2.75) is 49.5 Å². The Morgan fingerprint density at radius 2 is 1.88 bits per heavy atom. The lowest BCUT2D eigenvalue weighted by molar-refractivity contribution is 0.0518. The number of thioether (sulfide) groups is 1. The number of esters is 1. The molecule has 1 N–H and O–H groups in total. The maximum atomic E-state index is 11.9. The molecule has 1 fully saturated rings. The van der Waals surface area contributed by atoms with E-state index in [1.807, 2.05) is 23.9 Å². The van der Waals surface area contributed by atoms with Crippen molar-refractivity contribution in [1.29, 1.82) is 0 Å². The van der Waals surface area contributed by atoms with Crippen LogP contribution in [0.4, 0.5) is 0 Å². The van der Waals surface area contributed by atoms with Crippen molar-refractivity contribution < 1.29 is 9.53 Å². The summed E-state index contributed by atoms with van der Waals surface area (Å²) >= 11 is 14.1. The number of aromatic amines is 1. The summed E-state index contributed by atoms with van der Waals surface area (Å²) in [6.45, 7) is 2.10. The van der Waals surface area contributed by atoms with Crippen LogP contribution in [0.1, 0.15) is 60.3 Å². The maximum absolute atomic E-state index is 11.9. The first-order valence-electron chi connectivity index (χ1n) is 8.71. The Morgan fingerprint density at radius 3 is 2.54 bits per heavy atom. The highest BCUT2D eigenvalue weighted by Crippen LogP contribution is 2.39. The standard InChI is InChI=1S/C18H21Cl2N3O2S/c1-2-25-18(24)17-16(21-23-22-17)10-26-15-5-3-11(4-6-15)12-7-13(19)9-14(20)8-12/h7-9,11,15H,2-6,10H2,1H3,(H,21,22,23). The van der Waals surface area contributed by atoms with Crippen LogP contribution in [-0.4, -0.2) is 33.2 Å². The zero-order valence-corrected chi connectivity index (χ0v) is 16.8. The molecule has 3 rings (SSSR count). The molecular weight excluding hydrogens is 393 g/mol. The van der Waals surface area contributed by atoms with Crippen molar-refractivity contribution >= 4 is 40.9 Å². The highest BCUT2D eigenvalue weighted by atomic mass is 35.5. The van der Waals surface area contributed by atoms with Gasteiger partial charge in [-0.1, -0.05) is 23.2 Å². The molecule has 0 aliphatic heterocycles. The summed E-state index contributed by atoms with van der Waals surface area (Å²) in [7, 11) is 0. The molecule has 8 heteroatoms. The first kappa shape index (κ1) is 19.5. The van der Waals surface area contributed by atoms with E-state index in [2.05, 4.69) is 15.4 Å². The number of nitrogens with one attached hydrogen (secondary N) is 1. The largest absolute Gasteiger partial charge is 0.461 e. The number of H-pyrrole nitrogens is 1. The summed E-state index contributed by atoms with van der Waals surface area (Å²) in [5.41, 5.74) is 2.19. The van der Waals surface area contributed by atoms with Gasteiger partial charge in [0.15, 0.2) is 5.69 Å². The normalized spacial score (nSPS) is 20.1. The predicted octanol–water partition coefficient (Wildman–Crippen LogP) is 5.25. The molecule has 0 amide bonds. The van der Waals surface area contributed by atoms with Crippen LogP contribution in [0.5, 0.6) is 0 Å². The van der Waals surface area contributed by atoms with Crippen LogP contribution in [0, 0.1) is 0 Å². The molecule has 0 spiro atoms. The molecule has 5 nitrogen and oxygen atoms in total. The number of halogens is 2. The Morgan fingerprint density at radius 1 is 1.19 bits per heavy atom. The highest BCUT2D eigenvalue weighted by Gasteiger charge is 2.25. The number of carbonyl (C=O) groups excluding carboxylic acids is 1. The van der Waals surface area contributed by atoms with Crippen molar-refractivity contribution in [3.05, 3.63) is 45.2 Å². The van der Waals surface area contributed by atoms with Gasteiger partial charge in [0.1, 0.15) is 5.69 Å². The second-order valence-corrected chi connectivity index (χ2v) is 8.49. The molecule has 0 radical (unpaired) electrons. The fourth-order valence-corrected chi connectivity index (χ4v) is 5.03. The Balaban J connectivity index is 1.52. The zero-order chi connectivity index (χ0) is 18.5. The number of hydrogen-bond acceptors (Lipinski definition) is 5. The van der Waals surface area contributed by atoms with Gasteiger partial charge in [-0.2, -0.15) is 22.1 Å². The number of nitrogens with zero attached hydrogens (tertiary/aromatic N) is 2. The van der Waals surface area contributed by atoms with Crippen LogP contribution in [0.15, 0.2) is 18.2 Å². The Hall–Kier alpha value is -1.24. The average molecular weight is 414 g/mol. The van der Waals surface area contributed by atoms with Crippen LogP contribution < -0.4 is 0 Å². The predicted molar refractivity (Wildman–Crippen MR) is 105 cm³/mol. The third-order valence-electron chi connectivity index (χ3n) is 4.58. The van der Waals surface area contributed by atoms with Crippen molar-refractivity contribution in [3.8, 4) is 0 Å². The van der Waals surface area contributed by atoms with Gasteiger partial charge in [-0.3, -0.25) is 0 Å². The molecule has 1 heterocycles. The van der Waals surface area contributed by atoms with Gasteiger partial charge in [-0.05, 0) is 62.3 Å². The molecule has 1 aromatic carbocycles. The summed E-state index contributed by atoms with van der Waals surface area (Å²) in [5, 5.41) is 12.5. The topological polar surface area (TPSA) is 67.9 Å². The van der Waals surface area contributed by atoms with Crippen LogP contribution in [0.3, 0.4) is 0 Å². The number of carbonyl (C=O) groups is 1. The van der Waals surface area contributed by atoms with Gasteiger partial charge in [0.25, 0.3) is 0 Å². The summed E-state index contributed by atoms with van der Waals surface area (Å²) in [5.74, 6) is 0.742. The molecule has 1 aromatic heterocycles. The van der Waals surface area contributed by atoms with E-state index < -0.39 is 5.97 Å². The molecule has 26 heavy (non-hydrogen) atoms. The van der Waals surface area contributed by atoms with Crippen LogP contribution in [0.25, 0.3) is 0 Å². The van der Waals surface area contributed by atoms with Crippen molar-refractivity contribution in [2.24, 2.45) is 0 Å². The lowest BCUT2D eigenvalue weighted by Gasteiger charge is -2.28. The quantitative estimate of drug-likeness (QED) is 0.654. The Labute approximate surface area is 167 Å². The number of ether oxygens (including phenoxy) is 1. The monoisotopic (exact) mass is 413 g/mol. The Kier molecular flexibility index (Phi) is 6.84. The fourth-order valence-electron chi connectivity index (χ4n) is 3.29. The van der Waals surface area contributed by atoms with Gasteiger partial charge >= 0.3 is 5.97 Å². The summed E-state index contributed by atoms with van der Waals surface area (Å²) < 4.78 is 5.01. The third kappa shape index (κ3) is 4.93. The SMILES string of the molecule is CCOC(=O)c1n[nH]nc1CSC1CCC(c2cc(Cl)cc(Cl)c2)CC1. The molecular formula is C18H21Cl2N3O2S. The van der Waals surface area contributed by atoms with E-state index >= 15 is 0 Å². The molecule has 1 aliphatic carbocycles. The van der Waals surface area contributed by atoms with Crippen molar-refractivity contribution in [2.75, 3.05) is 6.61 Å². The highest BCUT2D eigenvalue weighted by molar-refractivity contribution is 7.99. The molecule has 140 valence electrons. The molecule has 2 aromatic rings. The van der Waals surface area contributed by atoms with Gasteiger partial charge in [0, 0.05) is 21.0 Å². The number of benzene rings is 1. The van der Waals surface area contributed by atoms with Gasteiger partial charge in [-0.15, -0.1) is 5.10 Å². The van der Waals surface area contributed by atoms with Crippen LogP contribution in [0.2, 0.25) is 10.0 Å². The number of rotatable bonds is 6. The van der Waals surface area contributed by atoms with E-state index in [0.717, 1.165) is 25.7 Å². The zero-order valence-electron chi connectivity index (χ0n) is 14.5. The fraction of sp³-hybridized carbons (Fsp3) is 0.500. The first-order valence-corrected chi connectivity index (χ1v) is 10.5. The van der Waals surface area contributed by atoms with Crippen LogP contribution >= 0.6 is 35.0 Å². The smallest absolute Gasteiger partial charge is 0.360 e. The van der Waals surface area contributed by atoms with Crippen LogP contribution in [-0.2, 0) is 10.5 Å². The average Bonchev–Trinajstić information content (AvgIpc) is 3.08. The molecule has 0 bridgehead atoms. The Bertz CT molecular complexity index is 740. The minimum Gasteiger partial charge on any atom is -0.461 e. The van der Waals surface area contributed by atoms with E-state index in [-0.39, 0.29) is 0 Å². The van der Waals surface area contributed by atoms with Crippen molar-refractivity contribution in [1.82, 2.24) is 15.4 Å². The van der Waals surface area contributed by atoms with E-state index in [1.54, 1.807) is 13.0 Å². The summed E-state index contributed by atoms with van der Waals surface area (Å²) in [4.78, 5) is 11.9. The molecule has 1 aliphatic rings. The molecule has 0 atom stereocenters. The van der Waals surface area contributed by atoms with Gasteiger partial charge in [0.2, 0.25) is 0 Å². The minimum absolute atomic E-state index is 0.293. The number of hydrogen-bond donors (Lipinski definition) is 1. The van der Waals surface area contributed by atoms with E-state index in [9.17, 15) is 4.79 Å². The molecule has 1 saturated carbocycles. The number of aromatic nitrogens is 3. The van der Waals surface area contributed by atoms with E-state index in [4.69, 9.17) is 27.9 Å². The first-order chi connectivity index (χ1) is 12.6. The maximum Gasteiger partial charge on any atom is 0.360 e. The summed E-state index contributed by atoms with van der Waals surface area (Å²) in [6, 6.07) is 5.81. The van der Waals surface area contributed by atoms with Gasteiger partial charge in [-0.25, -0.2) is 4.79 Å². The van der Waals surface area contributed by atoms with Gasteiger partial charge < -0.3 is 4.74 Å². The molecule has 0 saturated heterocycles. The summed E-state index contributed by atoms with van der Waals surface area (Å²) in [6.07, 6.45) is 4.45. The lowest BCUT2D eigenvalue weighted by atomic mass is 9.84. The second-order valence-electron chi connectivity index (χ2n) is 6.33. The van der Waals surface area contributed by atoms with E-state index in [1.165, 1.54) is 5.56 Å². The van der Waals surface area contributed by atoms with Crippen molar-refractivity contribution in [3.63, 3.8) is 0 Å².